The summed E-state index contributed by atoms with van der Waals surface area (Å²) in [4.78, 5) is 11.8. The summed E-state index contributed by atoms with van der Waals surface area (Å²) in [5.74, 6) is 0.0369. The number of likely N-dealkylation sites (tertiary alicyclic amines) is 1. The first-order valence-corrected chi connectivity index (χ1v) is 3.79. The van der Waals surface area contributed by atoms with E-state index in [-0.39, 0.29) is 11.9 Å². The average molecular weight is 172 g/mol. The Labute approximate surface area is 70.4 Å². The van der Waals surface area contributed by atoms with Gasteiger partial charge in [0.05, 0.1) is 7.11 Å². The van der Waals surface area contributed by atoms with Gasteiger partial charge in [0.2, 0.25) is 5.90 Å². The van der Waals surface area contributed by atoms with Crippen LogP contribution in [0.2, 0.25) is 0 Å². The third kappa shape index (κ3) is 1.49. The number of nitrogens with one attached hydrogen (secondary N) is 1. The molecule has 5 heteroatoms. The van der Waals surface area contributed by atoms with Crippen LogP contribution in [-0.2, 0) is 4.74 Å². The minimum atomic E-state index is -0.973. The summed E-state index contributed by atoms with van der Waals surface area (Å²) in [6, 6.07) is -0.368. The zero-order valence-corrected chi connectivity index (χ0v) is 6.91. The molecule has 1 amide bonds. The van der Waals surface area contributed by atoms with E-state index in [4.69, 9.17) is 15.3 Å². The summed E-state index contributed by atoms with van der Waals surface area (Å²) in [7, 11) is 1.39. The highest BCUT2D eigenvalue weighted by molar-refractivity contribution is 5.83. The molecule has 1 aliphatic rings. The van der Waals surface area contributed by atoms with E-state index in [0.717, 1.165) is 6.42 Å². The van der Waals surface area contributed by atoms with Gasteiger partial charge in [0.15, 0.2) is 0 Å². The number of carboxylic acid groups (broad SMARTS) is 1. The van der Waals surface area contributed by atoms with E-state index in [2.05, 4.69) is 0 Å². The van der Waals surface area contributed by atoms with Crippen molar-refractivity contribution in [2.75, 3.05) is 13.7 Å². The topological polar surface area (TPSA) is 73.6 Å². The van der Waals surface area contributed by atoms with Crippen LogP contribution < -0.4 is 0 Å². The predicted molar refractivity (Wildman–Crippen MR) is 42.5 cm³/mol. The van der Waals surface area contributed by atoms with Gasteiger partial charge >= 0.3 is 6.09 Å². The lowest BCUT2D eigenvalue weighted by molar-refractivity contribution is 0.145. The van der Waals surface area contributed by atoms with Crippen LogP contribution in [-0.4, -0.2) is 41.7 Å². The van der Waals surface area contributed by atoms with Crippen molar-refractivity contribution >= 4 is 12.0 Å². The van der Waals surface area contributed by atoms with Crippen LogP contribution in [0.1, 0.15) is 12.8 Å². The van der Waals surface area contributed by atoms with E-state index in [1.807, 2.05) is 0 Å². The molecule has 0 aromatic heterocycles. The summed E-state index contributed by atoms with van der Waals surface area (Å²) < 4.78 is 4.69. The Hall–Kier alpha value is -1.26. The van der Waals surface area contributed by atoms with Crippen molar-refractivity contribution in [2.45, 2.75) is 18.9 Å². The first-order valence-electron chi connectivity index (χ1n) is 3.79. The number of amides is 1. The predicted octanol–water partition coefficient (Wildman–Crippen LogP) is 0.752. The van der Waals surface area contributed by atoms with E-state index in [0.29, 0.717) is 13.0 Å². The molecule has 1 rings (SSSR count). The van der Waals surface area contributed by atoms with Gasteiger partial charge < -0.3 is 9.84 Å². The molecule has 0 radical (unpaired) electrons. The summed E-state index contributed by atoms with van der Waals surface area (Å²) in [6.45, 7) is 0.506. The smallest absolute Gasteiger partial charge is 0.407 e. The Morgan fingerprint density at radius 3 is 2.92 bits per heavy atom. The van der Waals surface area contributed by atoms with Crippen LogP contribution >= 0.6 is 0 Å². The average Bonchev–Trinajstić information content (AvgIpc) is 2.50. The Balaban J connectivity index is 2.63. The van der Waals surface area contributed by atoms with Gasteiger partial charge in [0.1, 0.15) is 6.04 Å². The van der Waals surface area contributed by atoms with Gasteiger partial charge in [-0.3, -0.25) is 10.3 Å². The van der Waals surface area contributed by atoms with Gasteiger partial charge in [0.25, 0.3) is 0 Å². The highest BCUT2D eigenvalue weighted by Crippen LogP contribution is 2.18. The Morgan fingerprint density at radius 2 is 2.42 bits per heavy atom. The first kappa shape index (κ1) is 8.83. The second kappa shape index (κ2) is 3.42. The Bertz CT molecular complexity index is 205. The van der Waals surface area contributed by atoms with E-state index in [9.17, 15) is 4.79 Å². The second-order valence-corrected chi connectivity index (χ2v) is 2.70. The van der Waals surface area contributed by atoms with Gasteiger partial charge in [-0.1, -0.05) is 0 Å². The molecule has 1 atom stereocenters. The molecule has 1 saturated heterocycles. The number of carbonyl (C=O) groups is 1. The van der Waals surface area contributed by atoms with Gasteiger partial charge in [-0.25, -0.2) is 4.79 Å². The largest absolute Gasteiger partial charge is 0.483 e. The summed E-state index contributed by atoms with van der Waals surface area (Å²) in [5.41, 5.74) is 0. The fourth-order valence-electron chi connectivity index (χ4n) is 1.40. The van der Waals surface area contributed by atoms with E-state index < -0.39 is 6.09 Å². The van der Waals surface area contributed by atoms with Gasteiger partial charge in [-0.05, 0) is 12.8 Å². The number of rotatable bonds is 1. The number of hydrogen-bond donors (Lipinski definition) is 2. The molecule has 12 heavy (non-hydrogen) atoms. The van der Waals surface area contributed by atoms with Crippen LogP contribution in [0.4, 0.5) is 4.79 Å². The summed E-state index contributed by atoms with van der Waals surface area (Å²) >= 11 is 0. The molecule has 0 aromatic rings. The fourth-order valence-corrected chi connectivity index (χ4v) is 1.40. The molecule has 1 aliphatic heterocycles. The van der Waals surface area contributed by atoms with Crippen molar-refractivity contribution in [3.63, 3.8) is 0 Å². The zero-order chi connectivity index (χ0) is 9.14. The van der Waals surface area contributed by atoms with Crippen LogP contribution in [0, 0.1) is 5.41 Å². The third-order valence-electron chi connectivity index (χ3n) is 2.02. The lowest BCUT2D eigenvalue weighted by atomic mass is 10.2. The van der Waals surface area contributed by atoms with Gasteiger partial charge in [0, 0.05) is 6.54 Å². The second-order valence-electron chi connectivity index (χ2n) is 2.70. The van der Waals surface area contributed by atoms with E-state index in [1.165, 1.54) is 12.0 Å². The van der Waals surface area contributed by atoms with Crippen molar-refractivity contribution in [2.24, 2.45) is 0 Å². The van der Waals surface area contributed by atoms with Crippen LogP contribution in [0.3, 0.4) is 0 Å². The summed E-state index contributed by atoms with van der Waals surface area (Å²) in [5, 5.41) is 16.0. The number of methoxy groups -OCH3 is 1. The maximum absolute atomic E-state index is 10.6. The van der Waals surface area contributed by atoms with E-state index in [1.54, 1.807) is 0 Å². The minimum absolute atomic E-state index is 0.0369. The SMILES string of the molecule is COC(=N)[C@@H]1CCCN1C(=O)O. The van der Waals surface area contributed by atoms with Crippen molar-refractivity contribution in [1.29, 1.82) is 5.41 Å². The first-order chi connectivity index (χ1) is 5.66. The molecule has 2 N–H and O–H groups in total. The molecular formula is C7H12N2O3. The maximum Gasteiger partial charge on any atom is 0.407 e. The maximum atomic E-state index is 10.6. The summed E-state index contributed by atoms with van der Waals surface area (Å²) in [6.07, 6.45) is 0.529. The monoisotopic (exact) mass is 172 g/mol. The lowest BCUT2D eigenvalue weighted by Gasteiger charge is -2.20. The Morgan fingerprint density at radius 1 is 1.75 bits per heavy atom. The molecular weight excluding hydrogens is 160 g/mol. The van der Waals surface area contributed by atoms with Crippen molar-refractivity contribution in [3.05, 3.63) is 0 Å². The zero-order valence-electron chi connectivity index (χ0n) is 6.91. The number of ether oxygens (including phenoxy) is 1. The molecule has 1 heterocycles. The normalized spacial score (nSPS) is 22.4. The molecule has 68 valence electrons. The van der Waals surface area contributed by atoms with Crippen molar-refractivity contribution < 1.29 is 14.6 Å². The minimum Gasteiger partial charge on any atom is -0.483 e. The van der Waals surface area contributed by atoms with Gasteiger partial charge in [-0.15, -0.1) is 0 Å². The molecule has 5 nitrogen and oxygen atoms in total. The molecule has 1 fully saturated rings. The number of hydrogen-bond acceptors (Lipinski definition) is 3. The number of nitrogens with zero attached hydrogens (tertiary/aromatic N) is 1. The molecule has 0 bridgehead atoms. The van der Waals surface area contributed by atoms with Crippen LogP contribution in [0.15, 0.2) is 0 Å². The van der Waals surface area contributed by atoms with Crippen molar-refractivity contribution in [1.82, 2.24) is 4.90 Å². The Kier molecular flexibility index (Phi) is 2.52. The molecule has 0 aromatic carbocycles. The van der Waals surface area contributed by atoms with E-state index >= 15 is 0 Å². The van der Waals surface area contributed by atoms with Crippen LogP contribution in [0.25, 0.3) is 0 Å². The highest BCUT2D eigenvalue weighted by Gasteiger charge is 2.32. The standard InChI is InChI=1S/C7H12N2O3/c1-12-6(8)5-3-2-4-9(5)7(10)11/h5,8H,2-4H2,1H3,(H,10,11)/t5-/m0/s1. The molecule has 0 saturated carbocycles. The van der Waals surface area contributed by atoms with Crippen LogP contribution in [0.5, 0.6) is 0 Å². The highest BCUT2D eigenvalue weighted by atomic mass is 16.5. The van der Waals surface area contributed by atoms with Crippen molar-refractivity contribution in [3.8, 4) is 0 Å². The third-order valence-corrected chi connectivity index (χ3v) is 2.02. The fraction of sp³-hybridized carbons (Fsp3) is 0.714. The molecule has 0 spiro atoms. The van der Waals surface area contributed by atoms with Gasteiger partial charge in [-0.2, -0.15) is 0 Å². The lowest BCUT2D eigenvalue weighted by Crippen LogP contribution is -2.39. The molecule has 0 unspecified atom stereocenters. The molecule has 0 aliphatic carbocycles. The quantitative estimate of drug-likeness (QED) is 0.452.